The Kier molecular flexibility index (Phi) is 4.72. The van der Waals surface area contributed by atoms with Crippen LogP contribution in [0.3, 0.4) is 0 Å². The predicted octanol–water partition coefficient (Wildman–Crippen LogP) is 0.755. The summed E-state index contributed by atoms with van der Waals surface area (Å²) in [5, 5.41) is 12.2. The van der Waals surface area contributed by atoms with Crippen molar-refractivity contribution in [3.05, 3.63) is 0 Å². The second-order valence-corrected chi connectivity index (χ2v) is 2.48. The average Bonchev–Trinajstić information content (AvgIpc) is 1.82. The van der Waals surface area contributed by atoms with Gasteiger partial charge in [-0.05, 0) is 26.8 Å². The summed E-state index contributed by atoms with van der Waals surface area (Å²) in [4.78, 5) is 0. The van der Waals surface area contributed by atoms with Gasteiger partial charge in [0.1, 0.15) is 0 Å². The van der Waals surface area contributed by atoms with Crippen molar-refractivity contribution in [3.63, 3.8) is 0 Å². The molecule has 0 aromatic carbocycles. The van der Waals surface area contributed by atoms with Crippen LogP contribution in [0, 0.1) is 0 Å². The van der Waals surface area contributed by atoms with E-state index in [4.69, 9.17) is 5.11 Å². The van der Waals surface area contributed by atoms with Crippen LogP contribution in [0.1, 0.15) is 27.2 Å². The van der Waals surface area contributed by atoms with E-state index in [2.05, 4.69) is 12.2 Å². The summed E-state index contributed by atoms with van der Waals surface area (Å²) in [6.45, 7) is 6.89. The molecule has 2 atom stereocenters. The van der Waals surface area contributed by atoms with Crippen molar-refractivity contribution in [2.24, 2.45) is 0 Å². The number of nitrogens with one attached hydrogen (secondary N) is 1. The summed E-state index contributed by atoms with van der Waals surface area (Å²) in [6, 6.07) is 0.227. The Morgan fingerprint density at radius 3 is 2.33 bits per heavy atom. The van der Waals surface area contributed by atoms with Crippen molar-refractivity contribution >= 4 is 0 Å². The third kappa shape index (κ3) is 4.43. The summed E-state index contributed by atoms with van der Waals surface area (Å²) in [6.07, 6.45) is 0.883. The van der Waals surface area contributed by atoms with Crippen LogP contribution in [0.5, 0.6) is 0 Å². The molecule has 0 fully saturated rings. The lowest BCUT2D eigenvalue weighted by atomic mass is 10.2. The van der Waals surface area contributed by atoms with Gasteiger partial charge in [-0.15, -0.1) is 0 Å². The fourth-order valence-corrected chi connectivity index (χ4v) is 0.543. The standard InChI is InChI=1S/C7H17NO/c1-4-5-8-6(2)7(3)9/h6-9H,4-5H2,1-3H3/t6-,7-/m1/s1. The van der Waals surface area contributed by atoms with Gasteiger partial charge >= 0.3 is 0 Å². The van der Waals surface area contributed by atoms with E-state index in [0.717, 1.165) is 13.0 Å². The first-order valence-electron chi connectivity index (χ1n) is 3.60. The molecule has 0 aromatic heterocycles. The van der Waals surface area contributed by atoms with Crippen LogP contribution in [0.15, 0.2) is 0 Å². The van der Waals surface area contributed by atoms with Gasteiger partial charge in [-0.3, -0.25) is 0 Å². The highest BCUT2D eigenvalue weighted by Gasteiger charge is 2.04. The summed E-state index contributed by atoms with van der Waals surface area (Å²) in [5.74, 6) is 0. The Bertz CT molecular complexity index is 63.9. The maximum absolute atomic E-state index is 8.99. The van der Waals surface area contributed by atoms with Crippen LogP contribution in [-0.4, -0.2) is 23.8 Å². The lowest BCUT2D eigenvalue weighted by molar-refractivity contribution is 0.153. The molecule has 2 N–H and O–H groups in total. The van der Waals surface area contributed by atoms with Gasteiger partial charge in [0.25, 0.3) is 0 Å². The molecule has 0 aliphatic rings. The molecular weight excluding hydrogens is 114 g/mol. The van der Waals surface area contributed by atoms with Crippen molar-refractivity contribution in [3.8, 4) is 0 Å². The van der Waals surface area contributed by atoms with Gasteiger partial charge in [-0.25, -0.2) is 0 Å². The summed E-state index contributed by atoms with van der Waals surface area (Å²) < 4.78 is 0. The summed E-state index contributed by atoms with van der Waals surface area (Å²) in [5.41, 5.74) is 0. The zero-order chi connectivity index (χ0) is 7.28. The average molecular weight is 131 g/mol. The Labute approximate surface area is 57.3 Å². The first-order valence-corrected chi connectivity index (χ1v) is 3.60. The summed E-state index contributed by atoms with van der Waals surface area (Å²) in [7, 11) is 0. The minimum Gasteiger partial charge on any atom is -0.392 e. The van der Waals surface area contributed by atoms with Gasteiger partial charge in [-0.2, -0.15) is 0 Å². The molecule has 9 heavy (non-hydrogen) atoms. The van der Waals surface area contributed by atoms with Crippen LogP contribution < -0.4 is 5.32 Å². The van der Waals surface area contributed by atoms with Crippen LogP contribution in [0.4, 0.5) is 0 Å². The van der Waals surface area contributed by atoms with Crippen LogP contribution >= 0.6 is 0 Å². The van der Waals surface area contributed by atoms with Gasteiger partial charge in [0.15, 0.2) is 0 Å². The number of hydrogen-bond donors (Lipinski definition) is 2. The van der Waals surface area contributed by atoms with Gasteiger partial charge in [-0.1, -0.05) is 6.92 Å². The van der Waals surface area contributed by atoms with Crippen molar-refractivity contribution in [1.29, 1.82) is 0 Å². The molecule has 0 aliphatic heterocycles. The smallest absolute Gasteiger partial charge is 0.0662 e. The van der Waals surface area contributed by atoms with Crippen LogP contribution in [0.25, 0.3) is 0 Å². The van der Waals surface area contributed by atoms with Crippen LogP contribution in [-0.2, 0) is 0 Å². The van der Waals surface area contributed by atoms with Gasteiger partial charge in [0.05, 0.1) is 6.10 Å². The first-order chi connectivity index (χ1) is 4.18. The highest BCUT2D eigenvalue weighted by atomic mass is 16.3. The van der Waals surface area contributed by atoms with E-state index < -0.39 is 0 Å². The van der Waals surface area contributed by atoms with E-state index in [9.17, 15) is 0 Å². The Morgan fingerprint density at radius 2 is 2.00 bits per heavy atom. The van der Waals surface area contributed by atoms with Crippen LogP contribution in [0.2, 0.25) is 0 Å². The van der Waals surface area contributed by atoms with Crippen molar-refractivity contribution < 1.29 is 5.11 Å². The highest BCUT2D eigenvalue weighted by Crippen LogP contribution is 1.89. The topological polar surface area (TPSA) is 32.3 Å². The quantitative estimate of drug-likeness (QED) is 0.590. The molecule has 0 saturated heterocycles. The monoisotopic (exact) mass is 131 g/mol. The zero-order valence-electron chi connectivity index (χ0n) is 6.52. The van der Waals surface area contributed by atoms with Gasteiger partial charge < -0.3 is 10.4 Å². The Morgan fingerprint density at radius 1 is 1.44 bits per heavy atom. The molecule has 0 aliphatic carbocycles. The molecule has 0 heterocycles. The first kappa shape index (κ1) is 8.92. The molecule has 0 rings (SSSR count). The van der Waals surface area contributed by atoms with E-state index in [1.165, 1.54) is 0 Å². The molecule has 0 spiro atoms. The Hall–Kier alpha value is -0.0800. The van der Waals surface area contributed by atoms with Gasteiger partial charge in [0.2, 0.25) is 0 Å². The Balaban J connectivity index is 3.16. The molecule has 0 radical (unpaired) electrons. The van der Waals surface area contributed by atoms with Crippen molar-refractivity contribution in [2.75, 3.05) is 6.54 Å². The molecular formula is C7H17NO. The van der Waals surface area contributed by atoms with E-state index in [-0.39, 0.29) is 12.1 Å². The molecule has 2 heteroatoms. The van der Waals surface area contributed by atoms with E-state index in [1.807, 2.05) is 6.92 Å². The van der Waals surface area contributed by atoms with E-state index in [1.54, 1.807) is 6.92 Å². The van der Waals surface area contributed by atoms with E-state index in [0.29, 0.717) is 0 Å². The fraction of sp³-hybridized carbons (Fsp3) is 1.00. The minimum atomic E-state index is -0.239. The fourth-order valence-electron chi connectivity index (χ4n) is 0.543. The number of rotatable bonds is 4. The lowest BCUT2D eigenvalue weighted by Crippen LogP contribution is -2.35. The third-order valence-electron chi connectivity index (χ3n) is 1.44. The predicted molar refractivity (Wildman–Crippen MR) is 39.4 cm³/mol. The SMILES string of the molecule is CCCN[C@H](C)[C@@H](C)O. The maximum atomic E-state index is 8.99. The molecule has 0 amide bonds. The molecule has 56 valence electrons. The molecule has 2 nitrogen and oxygen atoms in total. The second kappa shape index (κ2) is 4.77. The number of aliphatic hydroxyl groups is 1. The van der Waals surface area contributed by atoms with Gasteiger partial charge in [0, 0.05) is 6.04 Å². The zero-order valence-corrected chi connectivity index (χ0v) is 6.52. The highest BCUT2D eigenvalue weighted by molar-refractivity contribution is 4.64. The second-order valence-electron chi connectivity index (χ2n) is 2.48. The normalized spacial score (nSPS) is 17.3. The van der Waals surface area contributed by atoms with Crippen molar-refractivity contribution in [1.82, 2.24) is 5.32 Å². The molecule has 0 aromatic rings. The molecule has 0 saturated carbocycles. The maximum Gasteiger partial charge on any atom is 0.0662 e. The minimum absolute atomic E-state index is 0.227. The number of hydrogen-bond acceptors (Lipinski definition) is 2. The molecule has 0 unspecified atom stereocenters. The third-order valence-corrected chi connectivity index (χ3v) is 1.44. The largest absolute Gasteiger partial charge is 0.392 e. The molecule has 0 bridgehead atoms. The lowest BCUT2D eigenvalue weighted by Gasteiger charge is -2.15. The summed E-state index contributed by atoms with van der Waals surface area (Å²) >= 11 is 0. The van der Waals surface area contributed by atoms with Crippen molar-refractivity contribution in [2.45, 2.75) is 39.3 Å². The van der Waals surface area contributed by atoms with E-state index >= 15 is 0 Å². The number of aliphatic hydroxyl groups excluding tert-OH is 1.